The van der Waals surface area contributed by atoms with Crippen LogP contribution in [0.25, 0.3) is 0 Å². The zero-order valence-corrected chi connectivity index (χ0v) is 7.96. The standard InChI is InChI=1S/C8H20N2O/c1-7(10(3)4)5-9-6-8(2)11/h7-9,11H,5-6H2,1-4H3/t7?,8-/m1/s1. The van der Waals surface area contributed by atoms with E-state index in [2.05, 4.69) is 31.2 Å². The smallest absolute Gasteiger partial charge is 0.0636 e. The van der Waals surface area contributed by atoms with Gasteiger partial charge in [0, 0.05) is 19.1 Å². The van der Waals surface area contributed by atoms with E-state index < -0.39 is 0 Å². The number of rotatable bonds is 5. The van der Waals surface area contributed by atoms with Crippen molar-refractivity contribution in [1.29, 1.82) is 0 Å². The number of hydrogen-bond acceptors (Lipinski definition) is 3. The van der Waals surface area contributed by atoms with Gasteiger partial charge in [-0.2, -0.15) is 0 Å². The van der Waals surface area contributed by atoms with Gasteiger partial charge in [-0.3, -0.25) is 0 Å². The van der Waals surface area contributed by atoms with Gasteiger partial charge in [0.2, 0.25) is 0 Å². The molecule has 11 heavy (non-hydrogen) atoms. The predicted octanol–water partition coefficient (Wildman–Crippen LogP) is -0.0931. The van der Waals surface area contributed by atoms with Crippen molar-refractivity contribution >= 4 is 0 Å². The van der Waals surface area contributed by atoms with Gasteiger partial charge in [0.1, 0.15) is 0 Å². The van der Waals surface area contributed by atoms with Crippen molar-refractivity contribution in [2.45, 2.75) is 26.0 Å². The van der Waals surface area contributed by atoms with E-state index in [1.165, 1.54) is 0 Å². The molecule has 0 aliphatic carbocycles. The maximum atomic E-state index is 8.93. The number of nitrogens with zero attached hydrogens (tertiary/aromatic N) is 1. The molecule has 0 spiro atoms. The summed E-state index contributed by atoms with van der Waals surface area (Å²) in [5.74, 6) is 0. The Bertz CT molecular complexity index is 94.1. The lowest BCUT2D eigenvalue weighted by Gasteiger charge is -2.20. The lowest BCUT2D eigenvalue weighted by atomic mass is 10.3. The molecule has 0 fully saturated rings. The molecule has 0 saturated carbocycles. The van der Waals surface area contributed by atoms with Crippen LogP contribution in [0.5, 0.6) is 0 Å². The zero-order valence-electron chi connectivity index (χ0n) is 7.96. The molecule has 0 aliphatic heterocycles. The third-order valence-corrected chi connectivity index (χ3v) is 1.76. The van der Waals surface area contributed by atoms with Crippen LogP contribution in [0.3, 0.4) is 0 Å². The molecule has 0 bridgehead atoms. The summed E-state index contributed by atoms with van der Waals surface area (Å²) in [4.78, 5) is 2.15. The first-order chi connectivity index (χ1) is 5.04. The van der Waals surface area contributed by atoms with E-state index in [0.29, 0.717) is 12.6 Å². The topological polar surface area (TPSA) is 35.5 Å². The van der Waals surface area contributed by atoms with Crippen molar-refractivity contribution in [3.63, 3.8) is 0 Å². The van der Waals surface area contributed by atoms with Gasteiger partial charge in [0.25, 0.3) is 0 Å². The normalized spacial score (nSPS) is 16.9. The summed E-state index contributed by atoms with van der Waals surface area (Å²) < 4.78 is 0. The monoisotopic (exact) mass is 160 g/mol. The van der Waals surface area contributed by atoms with Crippen LogP contribution in [0.1, 0.15) is 13.8 Å². The molecule has 0 aromatic heterocycles. The molecule has 2 N–H and O–H groups in total. The summed E-state index contributed by atoms with van der Waals surface area (Å²) in [6, 6.07) is 0.522. The first-order valence-electron chi connectivity index (χ1n) is 4.09. The third kappa shape index (κ3) is 6.28. The first kappa shape index (κ1) is 10.9. The van der Waals surface area contributed by atoms with Gasteiger partial charge >= 0.3 is 0 Å². The van der Waals surface area contributed by atoms with Gasteiger partial charge in [-0.25, -0.2) is 0 Å². The number of aliphatic hydroxyl groups is 1. The van der Waals surface area contributed by atoms with Gasteiger partial charge < -0.3 is 15.3 Å². The molecule has 1 unspecified atom stereocenters. The largest absolute Gasteiger partial charge is 0.392 e. The lowest BCUT2D eigenvalue weighted by Crippen LogP contribution is -2.37. The second-order valence-corrected chi connectivity index (χ2v) is 3.32. The minimum Gasteiger partial charge on any atom is -0.392 e. The van der Waals surface area contributed by atoms with Crippen molar-refractivity contribution in [2.24, 2.45) is 0 Å². The molecule has 2 atom stereocenters. The minimum atomic E-state index is -0.246. The number of aliphatic hydroxyl groups excluding tert-OH is 1. The molecule has 0 radical (unpaired) electrons. The fraction of sp³-hybridized carbons (Fsp3) is 1.00. The maximum Gasteiger partial charge on any atom is 0.0636 e. The third-order valence-electron chi connectivity index (χ3n) is 1.76. The van der Waals surface area contributed by atoms with Crippen molar-refractivity contribution in [3.8, 4) is 0 Å². The highest BCUT2D eigenvalue weighted by atomic mass is 16.3. The molecule has 0 heterocycles. The number of nitrogens with one attached hydrogen (secondary N) is 1. The van der Waals surface area contributed by atoms with Gasteiger partial charge in [0.05, 0.1) is 6.10 Å². The van der Waals surface area contributed by atoms with Crippen LogP contribution >= 0.6 is 0 Å². The SMILES string of the molecule is CC(CNC[C@@H](C)O)N(C)C. The fourth-order valence-electron chi connectivity index (χ4n) is 0.684. The lowest BCUT2D eigenvalue weighted by molar-refractivity contribution is 0.186. The Morgan fingerprint density at radius 1 is 1.27 bits per heavy atom. The molecule has 0 amide bonds. The quantitative estimate of drug-likeness (QED) is 0.590. The van der Waals surface area contributed by atoms with E-state index in [1.54, 1.807) is 6.92 Å². The Morgan fingerprint density at radius 2 is 1.82 bits per heavy atom. The van der Waals surface area contributed by atoms with Crippen LogP contribution in [-0.4, -0.2) is 49.3 Å². The van der Waals surface area contributed by atoms with Crippen LogP contribution in [0.2, 0.25) is 0 Å². The highest BCUT2D eigenvalue weighted by Crippen LogP contribution is 1.88. The summed E-state index contributed by atoms with van der Waals surface area (Å²) in [6.45, 7) is 5.54. The summed E-state index contributed by atoms with van der Waals surface area (Å²) in [6.07, 6.45) is -0.246. The molecular formula is C8H20N2O. The molecule has 68 valence electrons. The average molecular weight is 160 g/mol. The molecule has 0 aromatic carbocycles. The molecule has 3 heteroatoms. The Hall–Kier alpha value is -0.120. The van der Waals surface area contributed by atoms with Crippen molar-refractivity contribution < 1.29 is 5.11 Å². The van der Waals surface area contributed by atoms with E-state index in [9.17, 15) is 0 Å². The molecule has 3 nitrogen and oxygen atoms in total. The van der Waals surface area contributed by atoms with Crippen LogP contribution in [-0.2, 0) is 0 Å². The summed E-state index contributed by atoms with van der Waals surface area (Å²) >= 11 is 0. The first-order valence-corrected chi connectivity index (χ1v) is 4.09. The molecular weight excluding hydrogens is 140 g/mol. The van der Waals surface area contributed by atoms with E-state index >= 15 is 0 Å². The minimum absolute atomic E-state index is 0.246. The summed E-state index contributed by atoms with van der Waals surface area (Å²) in [5, 5.41) is 12.1. The Balaban J connectivity index is 3.24. The van der Waals surface area contributed by atoms with Crippen LogP contribution in [0.4, 0.5) is 0 Å². The van der Waals surface area contributed by atoms with E-state index in [0.717, 1.165) is 6.54 Å². The van der Waals surface area contributed by atoms with Crippen molar-refractivity contribution in [1.82, 2.24) is 10.2 Å². The van der Waals surface area contributed by atoms with Crippen LogP contribution in [0, 0.1) is 0 Å². The van der Waals surface area contributed by atoms with Gasteiger partial charge in [-0.15, -0.1) is 0 Å². The Kier molecular flexibility index (Phi) is 5.46. The maximum absolute atomic E-state index is 8.93. The van der Waals surface area contributed by atoms with Crippen LogP contribution < -0.4 is 5.32 Å². The van der Waals surface area contributed by atoms with Gasteiger partial charge in [0.15, 0.2) is 0 Å². The van der Waals surface area contributed by atoms with Gasteiger partial charge in [-0.05, 0) is 27.9 Å². The highest BCUT2D eigenvalue weighted by molar-refractivity contribution is 4.63. The van der Waals surface area contributed by atoms with E-state index in [-0.39, 0.29) is 6.10 Å². The second kappa shape index (κ2) is 5.52. The van der Waals surface area contributed by atoms with Crippen molar-refractivity contribution in [3.05, 3.63) is 0 Å². The molecule has 0 saturated heterocycles. The average Bonchev–Trinajstić information content (AvgIpc) is 1.86. The molecule has 0 aromatic rings. The second-order valence-electron chi connectivity index (χ2n) is 3.32. The zero-order chi connectivity index (χ0) is 8.85. The molecule has 0 aliphatic rings. The summed E-state index contributed by atoms with van der Waals surface area (Å²) in [7, 11) is 4.10. The van der Waals surface area contributed by atoms with E-state index in [1.807, 2.05) is 0 Å². The Labute approximate surface area is 69.4 Å². The summed E-state index contributed by atoms with van der Waals surface area (Å²) in [5.41, 5.74) is 0. The van der Waals surface area contributed by atoms with Gasteiger partial charge in [-0.1, -0.05) is 0 Å². The van der Waals surface area contributed by atoms with Crippen LogP contribution in [0.15, 0.2) is 0 Å². The highest BCUT2D eigenvalue weighted by Gasteiger charge is 2.03. The molecule has 0 rings (SSSR count). The fourth-order valence-corrected chi connectivity index (χ4v) is 0.684. The van der Waals surface area contributed by atoms with Crippen molar-refractivity contribution in [2.75, 3.05) is 27.2 Å². The Morgan fingerprint density at radius 3 is 2.18 bits per heavy atom. The number of likely N-dealkylation sites (N-methyl/N-ethyl adjacent to an activating group) is 1. The van der Waals surface area contributed by atoms with E-state index in [4.69, 9.17) is 5.11 Å². The predicted molar refractivity (Wildman–Crippen MR) is 47.7 cm³/mol. The number of hydrogen-bond donors (Lipinski definition) is 2.